The molecule has 1 heterocycles. The summed E-state index contributed by atoms with van der Waals surface area (Å²) in [6, 6.07) is 8.06. The average Bonchev–Trinajstić information content (AvgIpc) is 2.37. The molecule has 0 saturated carbocycles. The molecule has 2 aromatic rings. The molecular weight excluding hydrogens is 246 g/mol. The molecule has 0 fully saturated rings. The van der Waals surface area contributed by atoms with Gasteiger partial charge in [-0.1, -0.05) is 18.2 Å². The maximum absolute atomic E-state index is 11.9. The highest BCUT2D eigenvalue weighted by atomic mass is 16.6. The number of hydrogen-bond acceptors (Lipinski definition) is 4. The first kappa shape index (κ1) is 12.8. The molecule has 0 atom stereocenters. The van der Waals surface area contributed by atoms with E-state index in [4.69, 9.17) is 5.73 Å². The Bertz CT molecular complexity index is 692. The lowest BCUT2D eigenvalue weighted by molar-refractivity contribution is -0.383. The fourth-order valence-electron chi connectivity index (χ4n) is 1.86. The Morgan fingerprint density at radius 2 is 2.05 bits per heavy atom. The van der Waals surface area contributed by atoms with Crippen molar-refractivity contribution in [2.24, 2.45) is 0 Å². The van der Waals surface area contributed by atoms with Gasteiger partial charge in [0.25, 0.3) is 11.2 Å². The van der Waals surface area contributed by atoms with E-state index in [0.717, 1.165) is 0 Å². The number of nitrogens with two attached hydrogens (primary N) is 1. The first-order valence-electron chi connectivity index (χ1n) is 5.68. The molecule has 1 aromatic heterocycles. The SMILES string of the molecule is Cc1cccn(Cc2cccc([N+](=O)[O-])c2N)c1=O. The fourth-order valence-corrected chi connectivity index (χ4v) is 1.86. The molecule has 98 valence electrons. The lowest BCUT2D eigenvalue weighted by Gasteiger charge is -2.09. The van der Waals surface area contributed by atoms with Crippen LogP contribution in [0.5, 0.6) is 0 Å². The van der Waals surface area contributed by atoms with E-state index < -0.39 is 4.92 Å². The zero-order valence-corrected chi connectivity index (χ0v) is 10.4. The Balaban J connectivity index is 2.45. The second kappa shape index (κ2) is 4.93. The third kappa shape index (κ3) is 2.47. The summed E-state index contributed by atoms with van der Waals surface area (Å²) >= 11 is 0. The van der Waals surface area contributed by atoms with Crippen LogP contribution in [0.15, 0.2) is 41.3 Å². The van der Waals surface area contributed by atoms with E-state index in [1.165, 1.54) is 10.6 Å². The van der Waals surface area contributed by atoms with Crippen LogP contribution in [0.3, 0.4) is 0 Å². The predicted molar refractivity (Wildman–Crippen MR) is 72.0 cm³/mol. The highest BCUT2D eigenvalue weighted by molar-refractivity contribution is 5.63. The van der Waals surface area contributed by atoms with Crippen molar-refractivity contribution < 1.29 is 4.92 Å². The van der Waals surface area contributed by atoms with Crippen LogP contribution in [0.2, 0.25) is 0 Å². The Hall–Kier alpha value is -2.63. The van der Waals surface area contributed by atoms with Crippen LogP contribution in [0.25, 0.3) is 0 Å². The Morgan fingerprint density at radius 3 is 2.74 bits per heavy atom. The topological polar surface area (TPSA) is 91.2 Å². The molecule has 0 bridgehead atoms. The zero-order chi connectivity index (χ0) is 14.0. The zero-order valence-electron chi connectivity index (χ0n) is 10.4. The van der Waals surface area contributed by atoms with Crippen LogP contribution in [0.4, 0.5) is 11.4 Å². The van der Waals surface area contributed by atoms with Gasteiger partial charge in [-0.15, -0.1) is 0 Å². The molecule has 19 heavy (non-hydrogen) atoms. The molecule has 0 amide bonds. The Morgan fingerprint density at radius 1 is 1.32 bits per heavy atom. The van der Waals surface area contributed by atoms with Crippen LogP contribution in [0, 0.1) is 17.0 Å². The summed E-state index contributed by atoms with van der Waals surface area (Å²) in [7, 11) is 0. The maximum atomic E-state index is 11.9. The number of benzene rings is 1. The van der Waals surface area contributed by atoms with E-state index in [1.54, 1.807) is 37.4 Å². The molecule has 0 aliphatic carbocycles. The van der Waals surface area contributed by atoms with Crippen molar-refractivity contribution in [1.82, 2.24) is 4.57 Å². The highest BCUT2D eigenvalue weighted by Gasteiger charge is 2.14. The standard InChI is InChI=1S/C13H13N3O3/c1-9-4-3-7-15(13(9)17)8-10-5-2-6-11(12(10)14)16(18)19/h2-7H,8,14H2,1H3. The smallest absolute Gasteiger partial charge is 0.292 e. The first-order chi connectivity index (χ1) is 9.00. The molecule has 6 nitrogen and oxygen atoms in total. The van der Waals surface area contributed by atoms with Gasteiger partial charge in [0.15, 0.2) is 0 Å². The minimum absolute atomic E-state index is 0.0981. The molecule has 0 unspecified atom stereocenters. The number of aromatic nitrogens is 1. The quantitative estimate of drug-likeness (QED) is 0.516. The van der Waals surface area contributed by atoms with Crippen molar-refractivity contribution in [3.63, 3.8) is 0 Å². The van der Waals surface area contributed by atoms with Gasteiger partial charge in [0.2, 0.25) is 0 Å². The lowest BCUT2D eigenvalue weighted by atomic mass is 10.1. The van der Waals surface area contributed by atoms with Gasteiger partial charge >= 0.3 is 0 Å². The van der Waals surface area contributed by atoms with E-state index in [0.29, 0.717) is 11.1 Å². The number of aryl methyl sites for hydroxylation is 1. The van der Waals surface area contributed by atoms with Gasteiger partial charge in [0.1, 0.15) is 5.69 Å². The normalized spacial score (nSPS) is 10.4. The molecule has 6 heteroatoms. The summed E-state index contributed by atoms with van der Waals surface area (Å²) in [5.41, 5.74) is 6.76. The molecule has 1 aromatic carbocycles. The number of nitro groups is 1. The summed E-state index contributed by atoms with van der Waals surface area (Å²) in [6.45, 7) is 1.93. The third-order valence-corrected chi connectivity index (χ3v) is 2.92. The number of hydrogen-bond donors (Lipinski definition) is 1. The van der Waals surface area contributed by atoms with Crippen LogP contribution >= 0.6 is 0 Å². The van der Waals surface area contributed by atoms with Gasteiger partial charge in [-0.3, -0.25) is 14.9 Å². The number of nitrogens with zero attached hydrogens (tertiary/aromatic N) is 2. The Labute approximate surface area is 109 Å². The summed E-state index contributed by atoms with van der Waals surface area (Å²) < 4.78 is 1.48. The van der Waals surface area contributed by atoms with Gasteiger partial charge < -0.3 is 10.3 Å². The molecule has 0 spiro atoms. The van der Waals surface area contributed by atoms with Gasteiger partial charge in [-0.2, -0.15) is 0 Å². The van der Waals surface area contributed by atoms with Crippen LogP contribution in [-0.4, -0.2) is 9.49 Å². The second-order valence-electron chi connectivity index (χ2n) is 4.23. The molecule has 2 N–H and O–H groups in total. The van der Waals surface area contributed by atoms with Crippen LogP contribution < -0.4 is 11.3 Å². The van der Waals surface area contributed by atoms with E-state index in [-0.39, 0.29) is 23.5 Å². The van der Waals surface area contributed by atoms with Crippen molar-refractivity contribution in [3.8, 4) is 0 Å². The average molecular weight is 259 g/mol. The van der Waals surface area contributed by atoms with Gasteiger partial charge in [-0.25, -0.2) is 0 Å². The van der Waals surface area contributed by atoms with Crippen molar-refractivity contribution >= 4 is 11.4 Å². The number of rotatable bonds is 3. The molecule has 0 aliphatic heterocycles. The third-order valence-electron chi connectivity index (χ3n) is 2.92. The van der Waals surface area contributed by atoms with Gasteiger partial charge in [0, 0.05) is 23.4 Å². The second-order valence-corrected chi connectivity index (χ2v) is 4.23. The number of anilines is 1. The summed E-state index contributed by atoms with van der Waals surface area (Å²) in [6.07, 6.45) is 1.63. The first-order valence-corrected chi connectivity index (χ1v) is 5.68. The van der Waals surface area contributed by atoms with Crippen molar-refractivity contribution in [2.45, 2.75) is 13.5 Å². The number of nitro benzene ring substituents is 1. The van der Waals surface area contributed by atoms with Gasteiger partial charge in [0.05, 0.1) is 11.5 Å². The number of para-hydroxylation sites is 1. The minimum atomic E-state index is -0.530. The van der Waals surface area contributed by atoms with E-state index >= 15 is 0 Å². The number of pyridine rings is 1. The fraction of sp³-hybridized carbons (Fsp3) is 0.154. The van der Waals surface area contributed by atoms with Crippen molar-refractivity contribution in [1.29, 1.82) is 0 Å². The van der Waals surface area contributed by atoms with Crippen LogP contribution in [0.1, 0.15) is 11.1 Å². The van der Waals surface area contributed by atoms with Crippen molar-refractivity contribution in [2.75, 3.05) is 5.73 Å². The predicted octanol–water partition coefficient (Wildman–Crippen LogP) is 1.70. The molecule has 0 aliphatic rings. The van der Waals surface area contributed by atoms with Gasteiger partial charge in [-0.05, 0) is 13.0 Å². The van der Waals surface area contributed by atoms with E-state index in [9.17, 15) is 14.9 Å². The molecular formula is C13H13N3O3. The minimum Gasteiger partial charge on any atom is -0.393 e. The van der Waals surface area contributed by atoms with Crippen molar-refractivity contribution in [3.05, 3.63) is 68.1 Å². The molecule has 0 saturated heterocycles. The highest BCUT2D eigenvalue weighted by Crippen LogP contribution is 2.25. The molecule has 0 radical (unpaired) electrons. The van der Waals surface area contributed by atoms with E-state index in [2.05, 4.69) is 0 Å². The maximum Gasteiger partial charge on any atom is 0.292 e. The summed E-state index contributed by atoms with van der Waals surface area (Å²) in [5.74, 6) is 0. The summed E-state index contributed by atoms with van der Waals surface area (Å²) in [4.78, 5) is 22.2. The van der Waals surface area contributed by atoms with Crippen LogP contribution in [-0.2, 0) is 6.54 Å². The van der Waals surface area contributed by atoms with E-state index in [1.807, 2.05) is 0 Å². The lowest BCUT2D eigenvalue weighted by Crippen LogP contribution is -2.22. The number of nitrogen functional groups attached to an aromatic ring is 1. The molecule has 2 rings (SSSR count). The Kier molecular flexibility index (Phi) is 3.33. The monoisotopic (exact) mass is 259 g/mol. The summed E-state index contributed by atoms with van der Waals surface area (Å²) in [5, 5.41) is 10.8. The largest absolute Gasteiger partial charge is 0.393 e.